The van der Waals surface area contributed by atoms with Crippen LogP contribution in [0.15, 0.2) is 24.3 Å². The number of rotatable bonds is 0. The summed E-state index contributed by atoms with van der Waals surface area (Å²) in [5.74, 6) is 0. The molecular formula is C12H13NO. The van der Waals surface area contributed by atoms with Gasteiger partial charge in [-0.3, -0.25) is 0 Å². The molecule has 2 atom stereocenters. The molecule has 0 saturated carbocycles. The minimum Gasteiger partial charge on any atom is -0.385 e. The van der Waals surface area contributed by atoms with Crippen molar-refractivity contribution in [1.82, 2.24) is 0 Å². The third-order valence-electron chi connectivity index (χ3n) is 3.05. The van der Waals surface area contributed by atoms with E-state index in [0.29, 0.717) is 6.42 Å². The van der Waals surface area contributed by atoms with Crippen molar-refractivity contribution < 1.29 is 5.11 Å². The normalized spacial score (nSPS) is 35.0. The van der Waals surface area contributed by atoms with Crippen molar-refractivity contribution in [2.24, 2.45) is 0 Å². The monoisotopic (exact) mass is 187 g/mol. The lowest BCUT2D eigenvalue weighted by molar-refractivity contribution is 0.0494. The van der Waals surface area contributed by atoms with Gasteiger partial charge in [0.25, 0.3) is 0 Å². The van der Waals surface area contributed by atoms with Crippen molar-refractivity contribution >= 4 is 0 Å². The Morgan fingerprint density at radius 2 is 1.86 bits per heavy atom. The van der Waals surface area contributed by atoms with Gasteiger partial charge in [-0.2, -0.15) is 5.26 Å². The first kappa shape index (κ1) is 9.23. The van der Waals surface area contributed by atoms with E-state index in [4.69, 9.17) is 5.26 Å². The van der Waals surface area contributed by atoms with Crippen LogP contribution < -0.4 is 0 Å². The fourth-order valence-electron chi connectivity index (χ4n) is 2.41. The van der Waals surface area contributed by atoms with E-state index in [0.717, 1.165) is 11.1 Å². The molecule has 2 unspecified atom stereocenters. The van der Waals surface area contributed by atoms with Gasteiger partial charge >= 0.3 is 0 Å². The van der Waals surface area contributed by atoms with Gasteiger partial charge in [-0.15, -0.1) is 0 Å². The molecule has 0 heterocycles. The summed E-state index contributed by atoms with van der Waals surface area (Å²) in [6.45, 7) is 3.65. The van der Waals surface area contributed by atoms with E-state index in [1.54, 1.807) is 6.92 Å². The lowest BCUT2D eigenvalue weighted by Crippen LogP contribution is -2.22. The SMILES string of the molecule is CC1(O)CC(C)(C#N)c2ccccc21. The molecule has 0 saturated heterocycles. The van der Waals surface area contributed by atoms with Gasteiger partial charge in [0, 0.05) is 6.42 Å². The quantitative estimate of drug-likeness (QED) is 0.675. The number of nitriles is 1. The maximum Gasteiger partial charge on any atom is 0.0890 e. The second-order valence-corrected chi connectivity index (χ2v) is 4.44. The van der Waals surface area contributed by atoms with Gasteiger partial charge in [0.15, 0.2) is 0 Å². The third-order valence-corrected chi connectivity index (χ3v) is 3.05. The topological polar surface area (TPSA) is 44.0 Å². The van der Waals surface area contributed by atoms with Gasteiger partial charge < -0.3 is 5.11 Å². The lowest BCUT2D eigenvalue weighted by atomic mass is 9.85. The van der Waals surface area contributed by atoms with Crippen molar-refractivity contribution in [3.63, 3.8) is 0 Å². The molecule has 0 aromatic heterocycles. The molecule has 1 aromatic rings. The zero-order valence-electron chi connectivity index (χ0n) is 8.41. The van der Waals surface area contributed by atoms with E-state index in [2.05, 4.69) is 6.07 Å². The summed E-state index contributed by atoms with van der Waals surface area (Å²) < 4.78 is 0. The van der Waals surface area contributed by atoms with Crippen molar-refractivity contribution in [2.45, 2.75) is 31.3 Å². The van der Waals surface area contributed by atoms with Crippen LogP contribution >= 0.6 is 0 Å². The molecule has 1 aliphatic rings. The van der Waals surface area contributed by atoms with E-state index in [1.807, 2.05) is 31.2 Å². The zero-order chi connectivity index (χ0) is 10.4. The van der Waals surface area contributed by atoms with Crippen LogP contribution in [-0.2, 0) is 11.0 Å². The van der Waals surface area contributed by atoms with Crippen LogP contribution in [0.2, 0.25) is 0 Å². The molecule has 1 N–H and O–H groups in total. The summed E-state index contributed by atoms with van der Waals surface area (Å²) in [5, 5.41) is 19.3. The Hall–Kier alpha value is -1.33. The lowest BCUT2D eigenvalue weighted by Gasteiger charge is -2.19. The first-order valence-electron chi connectivity index (χ1n) is 4.73. The van der Waals surface area contributed by atoms with Gasteiger partial charge in [0.2, 0.25) is 0 Å². The van der Waals surface area contributed by atoms with E-state index in [1.165, 1.54) is 0 Å². The van der Waals surface area contributed by atoms with Gasteiger partial charge in [-0.05, 0) is 25.0 Å². The van der Waals surface area contributed by atoms with E-state index < -0.39 is 11.0 Å². The van der Waals surface area contributed by atoms with Gasteiger partial charge in [-0.1, -0.05) is 24.3 Å². The van der Waals surface area contributed by atoms with Crippen LogP contribution in [0.1, 0.15) is 31.4 Å². The molecule has 0 aliphatic heterocycles. The molecule has 0 radical (unpaired) electrons. The van der Waals surface area contributed by atoms with Crippen molar-refractivity contribution in [2.75, 3.05) is 0 Å². The molecule has 0 amide bonds. The Labute approximate surface area is 83.8 Å². The van der Waals surface area contributed by atoms with E-state index in [9.17, 15) is 5.11 Å². The number of nitrogens with zero attached hydrogens (tertiary/aromatic N) is 1. The number of hydrogen-bond acceptors (Lipinski definition) is 2. The third kappa shape index (κ3) is 1.06. The molecule has 0 spiro atoms. The Bertz CT molecular complexity index is 417. The van der Waals surface area contributed by atoms with Gasteiger partial charge in [0.1, 0.15) is 0 Å². The van der Waals surface area contributed by atoms with Crippen LogP contribution in [0.25, 0.3) is 0 Å². The average Bonchev–Trinajstić information content (AvgIpc) is 2.37. The predicted octanol–water partition coefficient (Wildman–Crippen LogP) is 2.08. The second-order valence-electron chi connectivity index (χ2n) is 4.44. The number of benzene rings is 1. The molecule has 0 bridgehead atoms. The number of fused-ring (bicyclic) bond motifs is 1. The molecular weight excluding hydrogens is 174 g/mol. The Morgan fingerprint density at radius 3 is 2.43 bits per heavy atom. The minimum absolute atomic E-state index is 0.482. The van der Waals surface area contributed by atoms with Crippen LogP contribution in [0.4, 0.5) is 0 Å². The molecule has 72 valence electrons. The van der Waals surface area contributed by atoms with Gasteiger partial charge in [0.05, 0.1) is 17.1 Å². The van der Waals surface area contributed by atoms with E-state index in [-0.39, 0.29) is 0 Å². The van der Waals surface area contributed by atoms with Crippen molar-refractivity contribution in [3.05, 3.63) is 35.4 Å². The highest BCUT2D eigenvalue weighted by Gasteiger charge is 2.46. The standard InChI is InChI=1S/C12H13NO/c1-11(8-13)7-12(2,14)10-6-4-3-5-9(10)11/h3-6,14H,7H2,1-2H3. The average molecular weight is 187 g/mol. The largest absolute Gasteiger partial charge is 0.385 e. The Balaban J connectivity index is 2.68. The molecule has 2 nitrogen and oxygen atoms in total. The maximum absolute atomic E-state index is 10.2. The minimum atomic E-state index is -0.860. The highest BCUT2D eigenvalue weighted by molar-refractivity contribution is 5.47. The maximum atomic E-state index is 10.2. The van der Waals surface area contributed by atoms with Crippen molar-refractivity contribution in [1.29, 1.82) is 5.26 Å². The highest BCUT2D eigenvalue weighted by Crippen LogP contribution is 2.47. The molecule has 1 aliphatic carbocycles. The molecule has 1 aromatic carbocycles. The number of hydrogen-bond donors (Lipinski definition) is 1. The van der Waals surface area contributed by atoms with E-state index >= 15 is 0 Å². The molecule has 2 heteroatoms. The first-order valence-corrected chi connectivity index (χ1v) is 4.73. The Kier molecular flexibility index (Phi) is 1.71. The van der Waals surface area contributed by atoms with Gasteiger partial charge in [-0.25, -0.2) is 0 Å². The van der Waals surface area contributed by atoms with Crippen LogP contribution in [0.3, 0.4) is 0 Å². The van der Waals surface area contributed by atoms with Crippen LogP contribution in [-0.4, -0.2) is 5.11 Å². The molecule has 0 fully saturated rings. The fraction of sp³-hybridized carbons (Fsp3) is 0.417. The fourth-order valence-corrected chi connectivity index (χ4v) is 2.41. The highest BCUT2D eigenvalue weighted by atomic mass is 16.3. The first-order chi connectivity index (χ1) is 6.49. The summed E-state index contributed by atoms with van der Waals surface area (Å²) in [5.41, 5.74) is 0.456. The van der Waals surface area contributed by atoms with Crippen LogP contribution in [0.5, 0.6) is 0 Å². The zero-order valence-corrected chi connectivity index (χ0v) is 8.41. The smallest absolute Gasteiger partial charge is 0.0890 e. The summed E-state index contributed by atoms with van der Waals surface area (Å²) in [4.78, 5) is 0. The van der Waals surface area contributed by atoms with Crippen LogP contribution in [0, 0.1) is 11.3 Å². The summed E-state index contributed by atoms with van der Waals surface area (Å²) in [7, 11) is 0. The molecule has 14 heavy (non-hydrogen) atoms. The molecule has 2 rings (SSSR count). The summed E-state index contributed by atoms with van der Waals surface area (Å²) in [6, 6.07) is 9.94. The van der Waals surface area contributed by atoms with Crippen molar-refractivity contribution in [3.8, 4) is 6.07 Å². The summed E-state index contributed by atoms with van der Waals surface area (Å²) >= 11 is 0. The number of aliphatic hydroxyl groups is 1. The Morgan fingerprint density at radius 1 is 1.29 bits per heavy atom. The predicted molar refractivity (Wildman–Crippen MR) is 53.6 cm³/mol. The second kappa shape index (κ2) is 2.59. The summed E-state index contributed by atoms with van der Waals surface area (Å²) in [6.07, 6.45) is 0.482.